The van der Waals surface area contributed by atoms with Gasteiger partial charge in [0.2, 0.25) is 11.7 Å². The van der Waals surface area contributed by atoms with Crippen molar-refractivity contribution in [3.05, 3.63) is 36.0 Å². The fourth-order valence-corrected chi connectivity index (χ4v) is 2.56. The molecule has 1 N–H and O–H groups in total. The van der Waals surface area contributed by atoms with E-state index in [4.69, 9.17) is 14.0 Å². The molecule has 3 heterocycles. The fourth-order valence-electron chi connectivity index (χ4n) is 2.56. The lowest BCUT2D eigenvalue weighted by atomic mass is 10.2. The summed E-state index contributed by atoms with van der Waals surface area (Å²) in [7, 11) is 0. The molecule has 6 nitrogen and oxygen atoms in total. The van der Waals surface area contributed by atoms with Gasteiger partial charge in [0, 0.05) is 0 Å². The van der Waals surface area contributed by atoms with Crippen molar-refractivity contribution in [1.29, 1.82) is 0 Å². The second-order valence-electron chi connectivity index (χ2n) is 5.00. The van der Waals surface area contributed by atoms with Crippen molar-refractivity contribution in [3.8, 4) is 11.5 Å². The predicted molar refractivity (Wildman–Crippen MR) is 69.6 cm³/mol. The Morgan fingerprint density at radius 2 is 2.10 bits per heavy atom. The zero-order valence-corrected chi connectivity index (χ0v) is 10.9. The molecule has 1 fully saturated rings. The van der Waals surface area contributed by atoms with Gasteiger partial charge in [0.05, 0.1) is 6.04 Å². The minimum Gasteiger partial charge on any atom is -0.485 e. The first-order chi connectivity index (χ1) is 9.90. The molecule has 0 spiro atoms. The van der Waals surface area contributed by atoms with Crippen molar-refractivity contribution in [2.24, 2.45) is 0 Å². The van der Waals surface area contributed by atoms with Crippen LogP contribution in [-0.4, -0.2) is 23.3 Å². The average molecular weight is 273 g/mol. The number of fused-ring (bicyclic) bond motifs is 1. The van der Waals surface area contributed by atoms with Crippen molar-refractivity contribution in [1.82, 2.24) is 15.5 Å². The third-order valence-electron chi connectivity index (χ3n) is 3.61. The van der Waals surface area contributed by atoms with Crippen LogP contribution in [0.5, 0.6) is 11.5 Å². The Hall–Kier alpha value is -2.08. The van der Waals surface area contributed by atoms with E-state index >= 15 is 0 Å². The third-order valence-corrected chi connectivity index (χ3v) is 3.61. The third kappa shape index (κ3) is 2.02. The van der Waals surface area contributed by atoms with Gasteiger partial charge in [-0.25, -0.2) is 0 Å². The molecule has 0 saturated carbocycles. The van der Waals surface area contributed by atoms with Crippen LogP contribution in [0.25, 0.3) is 0 Å². The standard InChI is InChI=1S/C14H15N3O3/c1-2-6-11-10(5-1)18-8-12(19-11)13-16-14(20-17-13)9-4-3-7-15-9/h1-2,5-6,9,12,15H,3-4,7-8H2. The first kappa shape index (κ1) is 11.7. The fraction of sp³-hybridized carbons (Fsp3) is 0.429. The lowest BCUT2D eigenvalue weighted by molar-refractivity contribution is 0.0832. The molecular formula is C14H15N3O3. The Balaban J connectivity index is 1.54. The van der Waals surface area contributed by atoms with Gasteiger partial charge in [0.1, 0.15) is 6.61 Å². The highest BCUT2D eigenvalue weighted by Crippen LogP contribution is 2.35. The van der Waals surface area contributed by atoms with Crippen LogP contribution in [0.1, 0.15) is 36.7 Å². The molecule has 0 bridgehead atoms. The van der Waals surface area contributed by atoms with Crippen molar-refractivity contribution in [2.75, 3.05) is 13.2 Å². The van der Waals surface area contributed by atoms with Gasteiger partial charge in [-0.15, -0.1) is 0 Å². The number of benzene rings is 1. The van der Waals surface area contributed by atoms with Crippen molar-refractivity contribution >= 4 is 0 Å². The molecule has 2 aliphatic rings. The van der Waals surface area contributed by atoms with Crippen LogP contribution in [0, 0.1) is 0 Å². The molecule has 6 heteroatoms. The number of nitrogens with zero attached hydrogens (tertiary/aromatic N) is 2. The summed E-state index contributed by atoms with van der Waals surface area (Å²) in [6.07, 6.45) is 1.86. The number of para-hydroxylation sites is 2. The summed E-state index contributed by atoms with van der Waals surface area (Å²) in [6, 6.07) is 7.76. The van der Waals surface area contributed by atoms with Crippen LogP contribution in [0.2, 0.25) is 0 Å². The van der Waals surface area contributed by atoms with Crippen molar-refractivity contribution in [3.63, 3.8) is 0 Å². The molecule has 2 unspecified atom stereocenters. The van der Waals surface area contributed by atoms with Crippen molar-refractivity contribution < 1.29 is 14.0 Å². The van der Waals surface area contributed by atoms with E-state index in [0.717, 1.165) is 25.1 Å². The topological polar surface area (TPSA) is 69.4 Å². The number of rotatable bonds is 2. The normalized spacial score (nSPS) is 24.8. The predicted octanol–water partition coefficient (Wildman–Crippen LogP) is 2.01. The van der Waals surface area contributed by atoms with E-state index in [1.807, 2.05) is 24.3 Å². The average Bonchev–Trinajstić information content (AvgIpc) is 3.17. The molecule has 0 amide bonds. The zero-order chi connectivity index (χ0) is 13.4. The van der Waals surface area contributed by atoms with E-state index in [0.29, 0.717) is 24.1 Å². The van der Waals surface area contributed by atoms with Crippen LogP contribution in [0.4, 0.5) is 0 Å². The lowest BCUT2D eigenvalue weighted by Gasteiger charge is -2.24. The van der Waals surface area contributed by atoms with Gasteiger partial charge >= 0.3 is 0 Å². The van der Waals surface area contributed by atoms with Gasteiger partial charge in [-0.3, -0.25) is 0 Å². The zero-order valence-electron chi connectivity index (χ0n) is 10.9. The number of hydrogen-bond acceptors (Lipinski definition) is 6. The Morgan fingerprint density at radius 1 is 1.20 bits per heavy atom. The number of hydrogen-bond donors (Lipinski definition) is 1. The molecular weight excluding hydrogens is 258 g/mol. The van der Waals surface area contributed by atoms with Crippen LogP contribution in [0.15, 0.2) is 28.8 Å². The molecule has 1 saturated heterocycles. The maximum Gasteiger partial charge on any atom is 0.243 e. The van der Waals surface area contributed by atoms with E-state index in [1.54, 1.807) is 0 Å². The molecule has 4 rings (SSSR count). The van der Waals surface area contributed by atoms with E-state index in [1.165, 1.54) is 0 Å². The minimum atomic E-state index is -0.316. The summed E-state index contributed by atoms with van der Waals surface area (Å²) in [5.74, 6) is 2.65. The van der Waals surface area contributed by atoms with Gasteiger partial charge < -0.3 is 19.3 Å². The summed E-state index contributed by atoms with van der Waals surface area (Å²) in [6.45, 7) is 1.40. The first-order valence-corrected chi connectivity index (χ1v) is 6.85. The molecule has 2 aliphatic heterocycles. The number of nitrogens with one attached hydrogen (secondary N) is 1. The van der Waals surface area contributed by atoms with E-state index in [-0.39, 0.29) is 12.1 Å². The second-order valence-corrected chi connectivity index (χ2v) is 5.00. The van der Waals surface area contributed by atoms with Gasteiger partial charge in [-0.2, -0.15) is 4.98 Å². The van der Waals surface area contributed by atoms with Crippen LogP contribution < -0.4 is 14.8 Å². The second kappa shape index (κ2) is 4.79. The number of aromatic nitrogens is 2. The van der Waals surface area contributed by atoms with Crippen LogP contribution >= 0.6 is 0 Å². The highest BCUT2D eigenvalue weighted by Gasteiger charge is 2.29. The summed E-state index contributed by atoms with van der Waals surface area (Å²) in [4.78, 5) is 4.44. The monoisotopic (exact) mass is 273 g/mol. The maximum atomic E-state index is 5.86. The summed E-state index contributed by atoms with van der Waals surface area (Å²) >= 11 is 0. The Kier molecular flexibility index (Phi) is 2.81. The summed E-state index contributed by atoms with van der Waals surface area (Å²) < 4.78 is 16.9. The van der Waals surface area contributed by atoms with Gasteiger partial charge in [-0.1, -0.05) is 17.3 Å². The summed E-state index contributed by atoms with van der Waals surface area (Å²) in [5, 5.41) is 7.36. The van der Waals surface area contributed by atoms with Gasteiger partial charge in [-0.05, 0) is 31.5 Å². The largest absolute Gasteiger partial charge is 0.485 e. The smallest absolute Gasteiger partial charge is 0.243 e. The molecule has 1 aromatic heterocycles. The SMILES string of the molecule is c1ccc2c(c1)OCC(c1noc(C3CCCN3)n1)O2. The molecule has 0 aliphatic carbocycles. The highest BCUT2D eigenvalue weighted by molar-refractivity contribution is 5.40. The lowest BCUT2D eigenvalue weighted by Crippen LogP contribution is -2.22. The molecule has 20 heavy (non-hydrogen) atoms. The maximum absolute atomic E-state index is 5.86. The van der Waals surface area contributed by atoms with E-state index in [9.17, 15) is 0 Å². The molecule has 2 aromatic rings. The molecule has 1 aromatic carbocycles. The first-order valence-electron chi connectivity index (χ1n) is 6.85. The summed E-state index contributed by atoms with van der Waals surface area (Å²) in [5.41, 5.74) is 0. The van der Waals surface area contributed by atoms with Crippen LogP contribution in [0.3, 0.4) is 0 Å². The van der Waals surface area contributed by atoms with E-state index in [2.05, 4.69) is 15.5 Å². The van der Waals surface area contributed by atoms with Crippen LogP contribution in [-0.2, 0) is 0 Å². The quantitative estimate of drug-likeness (QED) is 0.902. The molecule has 0 radical (unpaired) electrons. The molecule has 104 valence electrons. The Labute approximate surface area is 116 Å². The number of ether oxygens (including phenoxy) is 2. The van der Waals surface area contributed by atoms with E-state index < -0.39 is 0 Å². The van der Waals surface area contributed by atoms with Crippen molar-refractivity contribution in [2.45, 2.75) is 25.0 Å². The van der Waals surface area contributed by atoms with Gasteiger partial charge in [0.25, 0.3) is 0 Å². The highest BCUT2D eigenvalue weighted by atomic mass is 16.6. The Morgan fingerprint density at radius 3 is 2.95 bits per heavy atom. The Bertz CT molecular complexity index is 607. The minimum absolute atomic E-state index is 0.174. The van der Waals surface area contributed by atoms with Gasteiger partial charge in [0.15, 0.2) is 17.6 Å². The molecule has 2 atom stereocenters.